The number of benzene rings is 2. The molecule has 0 saturated heterocycles. The quantitative estimate of drug-likeness (QED) is 0.657. The van der Waals surface area contributed by atoms with Gasteiger partial charge in [0.05, 0.1) is 5.56 Å². The predicted octanol–water partition coefficient (Wildman–Crippen LogP) is 4.84. The topological polar surface area (TPSA) is 54.0 Å². The molecule has 26 heavy (non-hydrogen) atoms. The largest absolute Gasteiger partial charge is 0.364 e. The Morgan fingerprint density at radius 2 is 1.77 bits per heavy atom. The third-order valence-electron chi connectivity index (χ3n) is 4.09. The smallest absolute Gasteiger partial charge is 0.253 e. The lowest BCUT2D eigenvalue weighted by Gasteiger charge is -2.15. The van der Waals surface area contributed by atoms with Crippen LogP contribution in [0, 0.1) is 0 Å². The van der Waals surface area contributed by atoms with Crippen LogP contribution in [0.2, 0.25) is 5.02 Å². The van der Waals surface area contributed by atoms with E-state index in [1.807, 2.05) is 42.5 Å². The number of rotatable bonds is 6. The number of hydrogen-bond donors (Lipinski definition) is 2. The summed E-state index contributed by atoms with van der Waals surface area (Å²) in [6.07, 6.45) is 1.57. The summed E-state index contributed by atoms with van der Waals surface area (Å²) in [4.78, 5) is 16.6. The zero-order valence-corrected chi connectivity index (χ0v) is 15.2. The highest BCUT2D eigenvalue weighted by atomic mass is 35.5. The molecule has 0 radical (unpaired) electrons. The number of hydrogen-bond acceptors (Lipinski definition) is 3. The molecule has 4 nitrogen and oxygen atoms in total. The maximum absolute atomic E-state index is 12.3. The summed E-state index contributed by atoms with van der Waals surface area (Å²) in [5.41, 5.74) is 2.57. The molecule has 132 valence electrons. The van der Waals surface area contributed by atoms with Crippen molar-refractivity contribution in [1.29, 1.82) is 0 Å². The predicted molar refractivity (Wildman–Crippen MR) is 105 cm³/mol. The van der Waals surface area contributed by atoms with Gasteiger partial charge < -0.3 is 10.6 Å². The molecule has 3 rings (SSSR count). The van der Waals surface area contributed by atoms with Crippen LogP contribution in [-0.4, -0.2) is 10.9 Å². The lowest BCUT2D eigenvalue weighted by molar-refractivity contribution is 0.0950. The summed E-state index contributed by atoms with van der Waals surface area (Å²) in [6.45, 7) is 2.45. The van der Waals surface area contributed by atoms with Crippen molar-refractivity contribution in [2.24, 2.45) is 0 Å². The Bertz CT molecular complexity index is 866. The normalized spacial score (nSPS) is 11.6. The summed E-state index contributed by atoms with van der Waals surface area (Å²) in [5, 5.41) is 6.83. The maximum atomic E-state index is 12.3. The van der Waals surface area contributed by atoms with Crippen LogP contribution in [0.5, 0.6) is 0 Å². The fourth-order valence-corrected chi connectivity index (χ4v) is 2.78. The van der Waals surface area contributed by atoms with Gasteiger partial charge >= 0.3 is 0 Å². The zero-order valence-electron chi connectivity index (χ0n) is 14.4. The van der Waals surface area contributed by atoms with E-state index in [0.29, 0.717) is 17.1 Å². The van der Waals surface area contributed by atoms with Crippen molar-refractivity contribution in [1.82, 2.24) is 10.3 Å². The molecule has 2 N–H and O–H groups in total. The van der Waals surface area contributed by atoms with Gasteiger partial charge in [0.25, 0.3) is 5.91 Å². The van der Waals surface area contributed by atoms with Gasteiger partial charge in [0.2, 0.25) is 0 Å². The molecule has 0 aliphatic heterocycles. The van der Waals surface area contributed by atoms with Crippen LogP contribution in [0.25, 0.3) is 0 Å². The van der Waals surface area contributed by atoms with Gasteiger partial charge in [-0.1, -0.05) is 60.1 Å². The lowest BCUT2D eigenvalue weighted by atomic mass is 10.1. The standard InChI is InChI=1S/C21H20ClN3O/c1-15(16-7-3-2-4-8-16)25-20-12-11-18(14-23-20)21(26)24-13-17-9-5-6-10-19(17)22/h2-12,14-15H,13H2,1H3,(H,23,25)(H,24,26). The van der Waals surface area contributed by atoms with Crippen molar-refractivity contribution in [2.45, 2.75) is 19.5 Å². The highest BCUT2D eigenvalue weighted by Gasteiger charge is 2.09. The number of pyridine rings is 1. The molecule has 1 atom stereocenters. The minimum Gasteiger partial charge on any atom is -0.364 e. The van der Waals surface area contributed by atoms with Crippen LogP contribution < -0.4 is 10.6 Å². The zero-order chi connectivity index (χ0) is 18.4. The van der Waals surface area contributed by atoms with Crippen LogP contribution in [0.1, 0.15) is 34.5 Å². The van der Waals surface area contributed by atoms with E-state index in [2.05, 4.69) is 34.7 Å². The average Bonchev–Trinajstić information content (AvgIpc) is 2.68. The Morgan fingerprint density at radius 1 is 1.04 bits per heavy atom. The van der Waals surface area contributed by atoms with E-state index < -0.39 is 0 Å². The van der Waals surface area contributed by atoms with E-state index in [1.54, 1.807) is 18.3 Å². The van der Waals surface area contributed by atoms with Crippen molar-refractivity contribution in [3.05, 3.63) is 94.6 Å². The molecule has 0 aliphatic carbocycles. The van der Waals surface area contributed by atoms with Crippen molar-refractivity contribution in [2.75, 3.05) is 5.32 Å². The maximum Gasteiger partial charge on any atom is 0.253 e. The number of carbonyl (C=O) groups is 1. The number of halogens is 1. The first-order valence-corrected chi connectivity index (χ1v) is 8.80. The first-order chi connectivity index (χ1) is 12.6. The fourth-order valence-electron chi connectivity index (χ4n) is 2.58. The van der Waals surface area contributed by atoms with Crippen LogP contribution in [0.15, 0.2) is 72.9 Å². The van der Waals surface area contributed by atoms with Gasteiger partial charge in [-0.15, -0.1) is 0 Å². The number of nitrogens with one attached hydrogen (secondary N) is 2. The van der Waals surface area contributed by atoms with Gasteiger partial charge in [0, 0.05) is 23.8 Å². The molecule has 5 heteroatoms. The minimum absolute atomic E-state index is 0.128. The molecule has 0 bridgehead atoms. The second kappa shape index (κ2) is 8.50. The van der Waals surface area contributed by atoms with Crippen LogP contribution in [0.4, 0.5) is 5.82 Å². The van der Waals surface area contributed by atoms with E-state index in [9.17, 15) is 4.79 Å². The van der Waals surface area contributed by atoms with Crippen molar-refractivity contribution < 1.29 is 4.79 Å². The fraction of sp³-hybridized carbons (Fsp3) is 0.143. The number of nitrogens with zero attached hydrogens (tertiary/aromatic N) is 1. The first-order valence-electron chi connectivity index (χ1n) is 8.42. The number of aromatic nitrogens is 1. The van der Waals surface area contributed by atoms with Crippen molar-refractivity contribution in [3.63, 3.8) is 0 Å². The third-order valence-corrected chi connectivity index (χ3v) is 4.46. The second-order valence-corrected chi connectivity index (χ2v) is 6.39. The lowest BCUT2D eigenvalue weighted by Crippen LogP contribution is -2.23. The highest BCUT2D eigenvalue weighted by molar-refractivity contribution is 6.31. The van der Waals surface area contributed by atoms with Crippen LogP contribution in [0.3, 0.4) is 0 Å². The molecule has 3 aromatic rings. The molecule has 0 saturated carbocycles. The molecule has 1 unspecified atom stereocenters. The Hall–Kier alpha value is -2.85. The van der Waals surface area contributed by atoms with Gasteiger partial charge in [0.1, 0.15) is 5.82 Å². The number of amides is 1. The molecule has 2 aromatic carbocycles. The second-order valence-electron chi connectivity index (χ2n) is 5.98. The van der Waals surface area contributed by atoms with E-state index in [1.165, 1.54) is 5.56 Å². The highest BCUT2D eigenvalue weighted by Crippen LogP contribution is 2.18. The number of carbonyl (C=O) groups excluding carboxylic acids is 1. The molecule has 0 spiro atoms. The molecule has 1 heterocycles. The van der Waals surface area contributed by atoms with Gasteiger partial charge in [-0.05, 0) is 36.2 Å². The van der Waals surface area contributed by atoms with Crippen LogP contribution in [-0.2, 0) is 6.54 Å². The summed E-state index contributed by atoms with van der Waals surface area (Å²) in [7, 11) is 0. The Balaban J connectivity index is 1.58. The van der Waals surface area contributed by atoms with Crippen LogP contribution >= 0.6 is 11.6 Å². The average molecular weight is 366 g/mol. The van der Waals surface area contributed by atoms with Crippen molar-refractivity contribution >= 4 is 23.3 Å². The Labute approximate surface area is 158 Å². The molecule has 1 amide bonds. The monoisotopic (exact) mass is 365 g/mol. The number of anilines is 1. The molecule has 1 aromatic heterocycles. The minimum atomic E-state index is -0.180. The SMILES string of the molecule is CC(Nc1ccc(C(=O)NCc2ccccc2Cl)cn1)c1ccccc1. The molecular formula is C21H20ClN3O. The first kappa shape index (κ1) is 18.0. The molecule has 0 aliphatic rings. The third kappa shape index (κ3) is 4.61. The van der Waals surface area contributed by atoms with E-state index >= 15 is 0 Å². The summed E-state index contributed by atoms with van der Waals surface area (Å²) in [6, 6.07) is 21.3. The molecule has 0 fully saturated rings. The molecular weight excluding hydrogens is 346 g/mol. The van der Waals surface area contributed by atoms with E-state index in [4.69, 9.17) is 11.6 Å². The Morgan fingerprint density at radius 3 is 2.46 bits per heavy atom. The van der Waals surface area contributed by atoms with E-state index in [0.717, 1.165) is 11.4 Å². The van der Waals surface area contributed by atoms with Gasteiger partial charge in [-0.25, -0.2) is 4.98 Å². The van der Waals surface area contributed by atoms with E-state index in [-0.39, 0.29) is 11.9 Å². The summed E-state index contributed by atoms with van der Waals surface area (Å²) < 4.78 is 0. The van der Waals surface area contributed by atoms with Gasteiger partial charge in [0.15, 0.2) is 0 Å². The van der Waals surface area contributed by atoms with Gasteiger partial charge in [-0.2, -0.15) is 0 Å². The van der Waals surface area contributed by atoms with Gasteiger partial charge in [-0.3, -0.25) is 4.79 Å². The van der Waals surface area contributed by atoms with Crippen molar-refractivity contribution in [3.8, 4) is 0 Å². The Kier molecular flexibility index (Phi) is 5.87. The summed E-state index contributed by atoms with van der Waals surface area (Å²) >= 11 is 6.10. The summed E-state index contributed by atoms with van der Waals surface area (Å²) in [5.74, 6) is 0.545.